The van der Waals surface area contributed by atoms with Gasteiger partial charge in [0.2, 0.25) is 5.91 Å². The number of hydrogen-bond donors (Lipinski definition) is 2. The highest BCUT2D eigenvalue weighted by molar-refractivity contribution is 7.80. The van der Waals surface area contributed by atoms with Gasteiger partial charge in [-0.3, -0.25) is 9.69 Å². The van der Waals surface area contributed by atoms with Crippen LogP contribution in [0.25, 0.3) is 0 Å². The number of amides is 1. The van der Waals surface area contributed by atoms with E-state index >= 15 is 0 Å². The van der Waals surface area contributed by atoms with Crippen molar-refractivity contribution in [3.63, 3.8) is 0 Å². The third-order valence-electron chi connectivity index (χ3n) is 3.08. The van der Waals surface area contributed by atoms with Crippen LogP contribution in [-0.2, 0) is 11.3 Å². The molecule has 6 heteroatoms. The van der Waals surface area contributed by atoms with Crippen LogP contribution in [0, 0.1) is 5.82 Å². The normalized spacial score (nSPS) is 16.8. The molecule has 0 radical (unpaired) electrons. The van der Waals surface area contributed by atoms with Crippen LogP contribution in [-0.4, -0.2) is 35.4 Å². The molecule has 1 fully saturated rings. The molecule has 2 rings (SSSR count). The van der Waals surface area contributed by atoms with E-state index in [0.717, 1.165) is 13.0 Å². The first-order chi connectivity index (χ1) is 9.08. The first-order valence-corrected chi connectivity index (χ1v) is 6.55. The molecule has 1 heterocycles. The first kappa shape index (κ1) is 13.9. The van der Waals surface area contributed by atoms with Crippen molar-refractivity contribution in [3.8, 4) is 0 Å². The van der Waals surface area contributed by atoms with Gasteiger partial charge in [-0.05, 0) is 12.5 Å². The number of nitrogens with two attached hydrogens (primary N) is 1. The van der Waals surface area contributed by atoms with Gasteiger partial charge in [0, 0.05) is 30.8 Å². The number of rotatable bonds is 3. The Bertz CT molecular complexity index is 507. The molecule has 1 aromatic carbocycles. The molecule has 1 saturated heterocycles. The fourth-order valence-corrected chi connectivity index (χ4v) is 2.29. The number of benzene rings is 1. The number of carbonyl (C=O) groups is 1. The Balaban J connectivity index is 2.16. The molecule has 0 unspecified atom stereocenters. The summed E-state index contributed by atoms with van der Waals surface area (Å²) in [6.07, 6.45) is 0.863. The van der Waals surface area contributed by atoms with Crippen molar-refractivity contribution < 1.29 is 9.18 Å². The number of hydrogen-bond acceptors (Lipinski definition) is 3. The van der Waals surface area contributed by atoms with Crippen LogP contribution < -0.4 is 11.1 Å². The van der Waals surface area contributed by atoms with Crippen LogP contribution in [0.5, 0.6) is 0 Å². The van der Waals surface area contributed by atoms with E-state index in [4.69, 9.17) is 18.0 Å². The monoisotopic (exact) mass is 281 g/mol. The summed E-state index contributed by atoms with van der Waals surface area (Å²) in [5.74, 6) is -0.414. The second kappa shape index (κ2) is 6.08. The molecule has 0 aromatic heterocycles. The molecule has 1 aromatic rings. The van der Waals surface area contributed by atoms with Crippen molar-refractivity contribution in [2.75, 3.05) is 19.6 Å². The van der Waals surface area contributed by atoms with Crippen molar-refractivity contribution in [3.05, 3.63) is 35.1 Å². The van der Waals surface area contributed by atoms with E-state index in [2.05, 4.69) is 5.32 Å². The summed E-state index contributed by atoms with van der Waals surface area (Å²) in [5.41, 5.74) is 6.25. The highest BCUT2D eigenvalue weighted by Crippen LogP contribution is 2.15. The van der Waals surface area contributed by atoms with E-state index in [1.54, 1.807) is 18.2 Å². The Labute approximate surface area is 116 Å². The Morgan fingerprint density at radius 3 is 3.05 bits per heavy atom. The molecule has 0 spiro atoms. The largest absolute Gasteiger partial charge is 0.389 e. The summed E-state index contributed by atoms with van der Waals surface area (Å²) in [6.45, 7) is 2.10. The molecular weight excluding hydrogens is 265 g/mol. The smallest absolute Gasteiger partial charge is 0.234 e. The Hall–Kier alpha value is -1.53. The summed E-state index contributed by atoms with van der Waals surface area (Å²) in [5, 5.41) is 2.79. The van der Waals surface area contributed by atoms with Crippen molar-refractivity contribution >= 4 is 23.1 Å². The van der Waals surface area contributed by atoms with Crippen LogP contribution >= 0.6 is 12.2 Å². The third kappa shape index (κ3) is 3.48. The quantitative estimate of drug-likeness (QED) is 0.804. The van der Waals surface area contributed by atoms with E-state index < -0.39 is 0 Å². The minimum absolute atomic E-state index is 0.0246. The molecule has 4 nitrogen and oxygen atoms in total. The predicted octanol–water partition coefficient (Wildman–Crippen LogP) is 0.782. The molecule has 0 atom stereocenters. The lowest BCUT2D eigenvalue weighted by Crippen LogP contribution is -2.33. The van der Waals surface area contributed by atoms with E-state index in [1.807, 2.05) is 4.90 Å². The van der Waals surface area contributed by atoms with Crippen LogP contribution in [0.3, 0.4) is 0 Å². The van der Waals surface area contributed by atoms with Crippen molar-refractivity contribution in [2.45, 2.75) is 13.0 Å². The zero-order valence-corrected chi connectivity index (χ0v) is 11.3. The van der Waals surface area contributed by atoms with Gasteiger partial charge in [-0.2, -0.15) is 0 Å². The summed E-state index contributed by atoms with van der Waals surface area (Å²) in [6, 6.07) is 4.99. The molecule has 0 bridgehead atoms. The molecule has 1 aliphatic heterocycles. The molecular formula is C13H16FN3OS. The van der Waals surface area contributed by atoms with Crippen LogP contribution in [0.1, 0.15) is 17.5 Å². The van der Waals surface area contributed by atoms with E-state index in [9.17, 15) is 9.18 Å². The topological polar surface area (TPSA) is 58.4 Å². The van der Waals surface area contributed by atoms with Gasteiger partial charge in [0.05, 0.1) is 6.54 Å². The van der Waals surface area contributed by atoms with Crippen LogP contribution in [0.4, 0.5) is 4.39 Å². The van der Waals surface area contributed by atoms with E-state index in [0.29, 0.717) is 18.7 Å². The molecule has 0 saturated carbocycles. The number of halogens is 1. The highest BCUT2D eigenvalue weighted by Gasteiger charge is 2.17. The minimum Gasteiger partial charge on any atom is -0.389 e. The molecule has 1 amide bonds. The number of thiocarbonyl (C=S) groups is 1. The summed E-state index contributed by atoms with van der Waals surface area (Å²) >= 11 is 4.81. The van der Waals surface area contributed by atoms with Gasteiger partial charge in [0.25, 0.3) is 0 Å². The number of nitrogens with zero attached hydrogens (tertiary/aromatic N) is 1. The van der Waals surface area contributed by atoms with Crippen LogP contribution in [0.2, 0.25) is 0 Å². The standard InChI is InChI=1S/C13H16FN3OS/c14-12-9(3-1-4-10(12)13(15)19)7-17-6-2-5-16-11(18)8-17/h1,3-4H,2,5-8H2,(H2,15,19)(H,16,18). The molecule has 3 N–H and O–H groups in total. The van der Waals surface area contributed by atoms with Gasteiger partial charge in [-0.1, -0.05) is 24.4 Å². The lowest BCUT2D eigenvalue weighted by atomic mass is 10.1. The molecule has 1 aliphatic rings. The van der Waals surface area contributed by atoms with Gasteiger partial charge < -0.3 is 11.1 Å². The van der Waals surface area contributed by atoms with Gasteiger partial charge >= 0.3 is 0 Å². The fourth-order valence-electron chi connectivity index (χ4n) is 2.14. The Morgan fingerprint density at radius 2 is 2.32 bits per heavy atom. The number of carbonyl (C=O) groups excluding carboxylic acids is 1. The molecule has 19 heavy (non-hydrogen) atoms. The van der Waals surface area contributed by atoms with Gasteiger partial charge in [0.15, 0.2) is 0 Å². The van der Waals surface area contributed by atoms with Crippen LogP contribution in [0.15, 0.2) is 18.2 Å². The number of nitrogens with one attached hydrogen (secondary N) is 1. The maximum absolute atomic E-state index is 14.2. The second-order valence-corrected chi connectivity index (χ2v) is 5.00. The zero-order chi connectivity index (χ0) is 13.8. The van der Waals surface area contributed by atoms with Crippen molar-refractivity contribution in [2.24, 2.45) is 5.73 Å². The molecule has 0 aliphatic carbocycles. The fraction of sp³-hybridized carbons (Fsp3) is 0.385. The zero-order valence-electron chi connectivity index (χ0n) is 10.5. The third-order valence-corrected chi connectivity index (χ3v) is 3.30. The summed E-state index contributed by atoms with van der Waals surface area (Å²) < 4.78 is 14.2. The SMILES string of the molecule is NC(=S)c1cccc(CN2CCCNC(=O)C2)c1F. The Kier molecular flexibility index (Phi) is 4.44. The summed E-state index contributed by atoms with van der Waals surface area (Å²) in [4.78, 5) is 13.4. The van der Waals surface area contributed by atoms with Gasteiger partial charge in [-0.15, -0.1) is 0 Å². The lowest BCUT2D eigenvalue weighted by Gasteiger charge is -2.19. The van der Waals surface area contributed by atoms with Crippen molar-refractivity contribution in [1.29, 1.82) is 0 Å². The van der Waals surface area contributed by atoms with E-state index in [-0.39, 0.29) is 28.8 Å². The van der Waals surface area contributed by atoms with Crippen molar-refractivity contribution in [1.82, 2.24) is 10.2 Å². The highest BCUT2D eigenvalue weighted by atomic mass is 32.1. The second-order valence-electron chi connectivity index (χ2n) is 4.56. The minimum atomic E-state index is -0.389. The van der Waals surface area contributed by atoms with Gasteiger partial charge in [-0.25, -0.2) is 4.39 Å². The Morgan fingerprint density at radius 1 is 1.53 bits per heavy atom. The van der Waals surface area contributed by atoms with Gasteiger partial charge in [0.1, 0.15) is 10.8 Å². The first-order valence-electron chi connectivity index (χ1n) is 6.14. The maximum Gasteiger partial charge on any atom is 0.234 e. The summed E-state index contributed by atoms with van der Waals surface area (Å²) in [7, 11) is 0. The maximum atomic E-state index is 14.2. The average Bonchev–Trinajstić information content (AvgIpc) is 2.56. The predicted molar refractivity (Wildman–Crippen MR) is 75.2 cm³/mol. The molecule has 102 valence electrons. The lowest BCUT2D eigenvalue weighted by molar-refractivity contribution is -0.121. The average molecular weight is 281 g/mol. The van der Waals surface area contributed by atoms with E-state index in [1.165, 1.54) is 0 Å².